The Morgan fingerprint density at radius 1 is 1.37 bits per heavy atom. The fourth-order valence-electron chi connectivity index (χ4n) is 1.46. The number of hydrogen-bond acceptors (Lipinski definition) is 2. The van der Waals surface area contributed by atoms with Crippen molar-refractivity contribution in [2.75, 3.05) is 0 Å². The van der Waals surface area contributed by atoms with Gasteiger partial charge in [-0.2, -0.15) is 8.78 Å². The summed E-state index contributed by atoms with van der Waals surface area (Å²) in [6.07, 6.45) is -3.99. The molecule has 0 saturated carbocycles. The number of carboxylic acid groups (broad SMARTS) is 1. The van der Waals surface area contributed by atoms with Gasteiger partial charge < -0.3 is 10.1 Å². The third-order valence-corrected chi connectivity index (χ3v) is 2.39. The topological polar surface area (TPSA) is 66.0 Å². The first-order valence-electron chi connectivity index (χ1n) is 4.82. The number of fused-ring (bicyclic) bond motifs is 1. The summed E-state index contributed by atoms with van der Waals surface area (Å²) in [6.45, 7) is 0. The maximum Gasteiger partial charge on any atom is 0.363 e. The first-order valence-corrected chi connectivity index (χ1v) is 4.82. The monoisotopic (exact) mass is 280 g/mol. The van der Waals surface area contributed by atoms with Crippen LogP contribution in [0.5, 0.6) is 0 Å². The quantitative estimate of drug-likeness (QED) is 0.849. The highest BCUT2D eigenvalue weighted by molar-refractivity contribution is 5.92. The van der Waals surface area contributed by atoms with Crippen molar-refractivity contribution in [2.24, 2.45) is 0 Å². The van der Waals surface area contributed by atoms with Gasteiger partial charge >= 0.3 is 18.3 Å². The van der Waals surface area contributed by atoms with E-state index in [4.69, 9.17) is 5.11 Å². The summed E-state index contributed by atoms with van der Waals surface area (Å²) in [5, 5.41) is 8.63. The lowest BCUT2D eigenvalue weighted by molar-refractivity contribution is -0.140. The van der Waals surface area contributed by atoms with Crippen molar-refractivity contribution < 1.29 is 31.9 Å². The van der Waals surface area contributed by atoms with Crippen LogP contribution < -0.4 is 0 Å². The molecule has 0 atom stereocenters. The first kappa shape index (κ1) is 13.2. The van der Waals surface area contributed by atoms with E-state index in [0.29, 0.717) is 12.1 Å². The molecule has 0 aliphatic carbocycles. The number of aromatic carboxylic acids is 1. The second-order valence-corrected chi connectivity index (χ2v) is 3.66. The van der Waals surface area contributed by atoms with Crippen LogP contribution in [0.25, 0.3) is 11.0 Å². The third-order valence-electron chi connectivity index (χ3n) is 2.39. The van der Waals surface area contributed by atoms with Gasteiger partial charge in [0.1, 0.15) is 5.82 Å². The van der Waals surface area contributed by atoms with Crippen LogP contribution in [0.3, 0.4) is 0 Å². The number of alkyl halides is 4. The Morgan fingerprint density at radius 2 is 2.00 bits per heavy atom. The van der Waals surface area contributed by atoms with Crippen molar-refractivity contribution in [1.82, 2.24) is 9.97 Å². The van der Waals surface area contributed by atoms with Crippen LogP contribution in [0.2, 0.25) is 0 Å². The van der Waals surface area contributed by atoms with Crippen LogP contribution >= 0.6 is 0 Å². The van der Waals surface area contributed by atoms with E-state index in [-0.39, 0.29) is 11.0 Å². The number of halogens is 5. The Morgan fingerprint density at radius 3 is 2.53 bits per heavy atom. The van der Waals surface area contributed by atoms with Crippen molar-refractivity contribution in [2.45, 2.75) is 12.3 Å². The summed E-state index contributed by atoms with van der Waals surface area (Å²) in [7, 11) is 0. The van der Waals surface area contributed by atoms with E-state index in [1.807, 2.05) is 4.98 Å². The number of imidazole rings is 1. The molecular formula is C10H5F5N2O2. The van der Waals surface area contributed by atoms with Crippen molar-refractivity contribution in [1.29, 1.82) is 0 Å². The minimum absolute atomic E-state index is 0.294. The molecule has 9 heteroatoms. The van der Waals surface area contributed by atoms with Crippen LogP contribution in [0.4, 0.5) is 22.0 Å². The molecule has 0 unspecified atom stereocenters. The van der Waals surface area contributed by atoms with E-state index < -0.39 is 35.5 Å². The Kier molecular flexibility index (Phi) is 2.91. The van der Waals surface area contributed by atoms with Crippen molar-refractivity contribution in [3.05, 3.63) is 29.3 Å². The molecule has 4 nitrogen and oxygen atoms in total. The number of nitrogens with zero attached hydrogens (tertiary/aromatic N) is 1. The summed E-state index contributed by atoms with van der Waals surface area (Å²) in [5.41, 5.74) is -1.42. The molecule has 102 valence electrons. The highest BCUT2D eigenvalue weighted by Crippen LogP contribution is 2.33. The number of carboxylic acids is 1. The highest BCUT2D eigenvalue weighted by Gasteiger charge is 2.45. The second kappa shape index (κ2) is 4.18. The molecule has 0 saturated heterocycles. The average molecular weight is 280 g/mol. The molecule has 2 rings (SSSR count). The SMILES string of the molecule is O=C(O)c1cc2nc(C(F)(F)C(F)F)[nH]c2cc1F. The van der Waals surface area contributed by atoms with Gasteiger partial charge in [-0.05, 0) is 6.07 Å². The molecule has 1 heterocycles. The fourth-order valence-corrected chi connectivity index (χ4v) is 1.46. The van der Waals surface area contributed by atoms with Crippen molar-refractivity contribution in [3.63, 3.8) is 0 Å². The van der Waals surface area contributed by atoms with Gasteiger partial charge in [0.2, 0.25) is 0 Å². The zero-order valence-electron chi connectivity index (χ0n) is 8.92. The predicted molar refractivity (Wildman–Crippen MR) is 52.9 cm³/mol. The van der Waals surface area contributed by atoms with Crippen molar-refractivity contribution in [3.8, 4) is 0 Å². The molecule has 1 aromatic carbocycles. The number of carbonyl (C=O) groups is 1. The van der Waals surface area contributed by atoms with E-state index in [1.165, 1.54) is 0 Å². The predicted octanol–water partition coefficient (Wildman–Crippen LogP) is 2.76. The lowest BCUT2D eigenvalue weighted by Gasteiger charge is -2.11. The van der Waals surface area contributed by atoms with Gasteiger partial charge in [0, 0.05) is 6.07 Å². The largest absolute Gasteiger partial charge is 0.478 e. The van der Waals surface area contributed by atoms with Gasteiger partial charge in [-0.1, -0.05) is 0 Å². The number of rotatable bonds is 3. The lowest BCUT2D eigenvalue weighted by atomic mass is 10.2. The molecule has 0 bridgehead atoms. The molecule has 2 N–H and O–H groups in total. The second-order valence-electron chi connectivity index (χ2n) is 3.66. The number of H-pyrrole nitrogens is 1. The average Bonchev–Trinajstić information content (AvgIpc) is 2.70. The van der Waals surface area contributed by atoms with Gasteiger partial charge in [0.25, 0.3) is 0 Å². The maximum atomic E-state index is 13.3. The smallest absolute Gasteiger partial charge is 0.363 e. The van der Waals surface area contributed by atoms with Crippen molar-refractivity contribution >= 4 is 17.0 Å². The van der Waals surface area contributed by atoms with Gasteiger partial charge in [0.15, 0.2) is 5.82 Å². The van der Waals surface area contributed by atoms with Gasteiger partial charge in [-0.15, -0.1) is 0 Å². The maximum absolute atomic E-state index is 13.3. The zero-order chi connectivity index (χ0) is 14.4. The van der Waals surface area contributed by atoms with Gasteiger partial charge in [-0.3, -0.25) is 0 Å². The van der Waals surface area contributed by atoms with Gasteiger partial charge in [0.05, 0.1) is 16.6 Å². The number of aromatic amines is 1. The van der Waals surface area contributed by atoms with E-state index >= 15 is 0 Å². The van der Waals surface area contributed by atoms with Crippen LogP contribution in [0.15, 0.2) is 12.1 Å². The van der Waals surface area contributed by atoms with Gasteiger partial charge in [-0.25, -0.2) is 22.9 Å². The summed E-state index contributed by atoms with van der Waals surface area (Å²) in [4.78, 5) is 15.7. The molecule has 19 heavy (non-hydrogen) atoms. The minimum atomic E-state index is -4.53. The minimum Gasteiger partial charge on any atom is -0.478 e. The molecule has 0 aliphatic rings. The normalized spacial score (nSPS) is 12.3. The Hall–Kier alpha value is -2.19. The highest BCUT2D eigenvalue weighted by atomic mass is 19.3. The molecule has 2 aromatic rings. The van der Waals surface area contributed by atoms with E-state index in [2.05, 4.69) is 4.98 Å². The lowest BCUT2D eigenvalue weighted by Crippen LogP contribution is -2.25. The van der Waals surface area contributed by atoms with E-state index in [1.54, 1.807) is 0 Å². The summed E-state index contributed by atoms with van der Waals surface area (Å²) < 4.78 is 63.6. The number of nitrogens with one attached hydrogen (secondary N) is 1. The first-order chi connectivity index (χ1) is 8.73. The van der Waals surface area contributed by atoms with Crippen LogP contribution in [0.1, 0.15) is 16.2 Å². The van der Waals surface area contributed by atoms with Crippen LogP contribution in [-0.4, -0.2) is 27.5 Å². The van der Waals surface area contributed by atoms with E-state index in [0.717, 1.165) is 0 Å². The zero-order valence-corrected chi connectivity index (χ0v) is 8.92. The number of benzene rings is 1. The third kappa shape index (κ3) is 2.11. The number of hydrogen-bond donors (Lipinski definition) is 2. The summed E-state index contributed by atoms with van der Waals surface area (Å²) in [6, 6.07) is 1.30. The standard InChI is InChI=1S/C10H5F5N2O2/c11-4-2-6-5(1-3(4)7(18)19)16-9(17-6)10(14,15)8(12)13/h1-2,8H,(H,16,17)(H,18,19). The molecule has 1 aromatic heterocycles. The fraction of sp³-hybridized carbons (Fsp3) is 0.200. The van der Waals surface area contributed by atoms with Crippen LogP contribution in [-0.2, 0) is 5.92 Å². The molecular weight excluding hydrogens is 275 g/mol. The number of aromatic nitrogens is 2. The Bertz CT molecular complexity index is 653. The molecule has 0 radical (unpaired) electrons. The molecule has 0 spiro atoms. The Balaban J connectivity index is 2.62. The molecule has 0 aliphatic heterocycles. The molecule has 0 fully saturated rings. The molecule has 0 amide bonds. The van der Waals surface area contributed by atoms with Crippen LogP contribution in [0, 0.1) is 5.82 Å². The summed E-state index contributed by atoms with van der Waals surface area (Å²) >= 11 is 0. The summed E-state index contributed by atoms with van der Waals surface area (Å²) in [5.74, 6) is -8.68. The van der Waals surface area contributed by atoms with E-state index in [9.17, 15) is 26.7 Å². The Labute approximate surface area is 101 Å².